The summed E-state index contributed by atoms with van der Waals surface area (Å²) in [5.41, 5.74) is 1.70. The molecule has 1 aromatic carbocycles. The molecule has 2 fully saturated rings. The summed E-state index contributed by atoms with van der Waals surface area (Å²) in [6.07, 6.45) is 3.30. The third-order valence-corrected chi connectivity index (χ3v) is 5.14. The summed E-state index contributed by atoms with van der Waals surface area (Å²) in [6, 6.07) is 7.61. The van der Waals surface area contributed by atoms with E-state index in [1.54, 1.807) is 6.07 Å². The molecule has 1 aliphatic heterocycles. The Kier molecular flexibility index (Phi) is 3.74. The molecule has 0 radical (unpaired) electrons. The second-order valence-corrected chi connectivity index (χ2v) is 8.37. The fourth-order valence-corrected chi connectivity index (χ4v) is 4.82. The van der Waals surface area contributed by atoms with Crippen LogP contribution in [-0.2, 0) is 4.79 Å². The van der Waals surface area contributed by atoms with Crippen LogP contribution in [0, 0.1) is 10.8 Å². The highest BCUT2D eigenvalue weighted by Gasteiger charge is 2.51. The number of amides is 2. The molecule has 2 amide bonds. The first-order valence-corrected chi connectivity index (χ1v) is 8.37. The van der Waals surface area contributed by atoms with E-state index in [0.717, 1.165) is 25.8 Å². The molecule has 0 spiro atoms. The average Bonchev–Trinajstić information content (AvgIpc) is 2.67. The number of anilines is 1. The van der Waals surface area contributed by atoms with Crippen LogP contribution >= 0.6 is 0 Å². The number of para-hydroxylation sites is 1. The number of likely N-dealkylation sites (tertiary alicyclic amines) is 1. The Morgan fingerprint density at radius 3 is 2.57 bits per heavy atom. The second-order valence-electron chi connectivity index (χ2n) is 8.37. The van der Waals surface area contributed by atoms with Gasteiger partial charge in [0, 0.05) is 19.5 Å². The van der Waals surface area contributed by atoms with Crippen molar-refractivity contribution < 1.29 is 9.59 Å². The predicted molar refractivity (Wildman–Crippen MR) is 91.3 cm³/mol. The molecule has 1 N–H and O–H groups in total. The van der Waals surface area contributed by atoms with E-state index >= 15 is 0 Å². The monoisotopic (exact) mass is 314 g/mol. The summed E-state index contributed by atoms with van der Waals surface area (Å²) in [7, 11) is 0. The standard InChI is InChI=1S/C19H26N2O2/c1-13(22)20-16-8-6-5-7-15(16)17(23)21-12-19(4)10-14(21)9-18(2,3)11-19/h5-8,14H,9-12H2,1-4H3,(H,20,22)/t14-,19-/m0/s1. The molecule has 2 aliphatic rings. The van der Waals surface area contributed by atoms with Crippen LogP contribution in [-0.4, -0.2) is 29.3 Å². The highest BCUT2D eigenvalue weighted by atomic mass is 16.2. The van der Waals surface area contributed by atoms with Crippen LogP contribution in [0.5, 0.6) is 0 Å². The summed E-state index contributed by atoms with van der Waals surface area (Å²) in [6.45, 7) is 9.18. The largest absolute Gasteiger partial charge is 0.335 e. The maximum atomic E-state index is 13.1. The van der Waals surface area contributed by atoms with Crippen LogP contribution < -0.4 is 5.32 Å². The molecule has 4 nitrogen and oxygen atoms in total. The zero-order valence-electron chi connectivity index (χ0n) is 14.5. The van der Waals surface area contributed by atoms with E-state index in [4.69, 9.17) is 0 Å². The highest BCUT2D eigenvalue weighted by Crippen LogP contribution is 2.52. The van der Waals surface area contributed by atoms with Crippen molar-refractivity contribution in [2.45, 2.75) is 53.0 Å². The minimum Gasteiger partial charge on any atom is -0.335 e. The molecule has 1 aliphatic carbocycles. The van der Waals surface area contributed by atoms with Crippen LogP contribution in [0.2, 0.25) is 0 Å². The van der Waals surface area contributed by atoms with Crippen molar-refractivity contribution >= 4 is 17.5 Å². The van der Waals surface area contributed by atoms with Crippen LogP contribution in [0.4, 0.5) is 5.69 Å². The summed E-state index contributed by atoms with van der Waals surface area (Å²) < 4.78 is 0. The van der Waals surface area contributed by atoms with Crippen LogP contribution in [0.25, 0.3) is 0 Å². The topological polar surface area (TPSA) is 49.4 Å². The number of carbonyl (C=O) groups is 2. The van der Waals surface area contributed by atoms with Crippen molar-refractivity contribution in [1.29, 1.82) is 0 Å². The Labute approximate surface area is 138 Å². The maximum Gasteiger partial charge on any atom is 0.256 e. The zero-order valence-corrected chi connectivity index (χ0v) is 14.5. The van der Waals surface area contributed by atoms with Crippen molar-refractivity contribution in [2.24, 2.45) is 10.8 Å². The lowest BCUT2D eigenvalue weighted by Gasteiger charge is -2.39. The number of nitrogens with zero attached hydrogens (tertiary/aromatic N) is 1. The molecule has 1 aromatic rings. The first kappa shape index (κ1) is 16.0. The lowest BCUT2D eigenvalue weighted by Crippen LogP contribution is -2.38. The zero-order chi connectivity index (χ0) is 16.8. The number of hydrogen-bond donors (Lipinski definition) is 1. The molecule has 0 unspecified atom stereocenters. The van der Waals surface area contributed by atoms with Gasteiger partial charge in [0.2, 0.25) is 5.91 Å². The first-order valence-electron chi connectivity index (χ1n) is 8.37. The van der Waals surface area contributed by atoms with Crippen molar-refractivity contribution in [2.75, 3.05) is 11.9 Å². The molecule has 4 heteroatoms. The fourth-order valence-electron chi connectivity index (χ4n) is 4.82. The third kappa shape index (κ3) is 3.12. The summed E-state index contributed by atoms with van der Waals surface area (Å²) in [5.74, 6) is -0.112. The maximum absolute atomic E-state index is 13.1. The van der Waals surface area contributed by atoms with Gasteiger partial charge in [-0.05, 0) is 42.2 Å². The molecule has 2 atom stereocenters. The molecular formula is C19H26N2O2. The first-order chi connectivity index (χ1) is 10.7. The fraction of sp³-hybridized carbons (Fsp3) is 0.579. The summed E-state index contributed by atoms with van der Waals surface area (Å²) in [5, 5.41) is 2.78. The Bertz CT molecular complexity index is 653. The van der Waals surface area contributed by atoms with E-state index in [1.807, 2.05) is 23.1 Å². The quantitative estimate of drug-likeness (QED) is 0.905. The number of fused-ring (bicyclic) bond motifs is 2. The van der Waals surface area contributed by atoms with E-state index in [-0.39, 0.29) is 22.6 Å². The Hall–Kier alpha value is -1.84. The van der Waals surface area contributed by atoms with Gasteiger partial charge in [-0.2, -0.15) is 0 Å². The number of rotatable bonds is 2. The number of nitrogens with one attached hydrogen (secondary N) is 1. The third-order valence-electron chi connectivity index (χ3n) is 5.14. The van der Waals surface area contributed by atoms with Gasteiger partial charge in [-0.25, -0.2) is 0 Å². The van der Waals surface area contributed by atoms with Gasteiger partial charge in [-0.1, -0.05) is 32.9 Å². The molecule has 1 saturated carbocycles. The van der Waals surface area contributed by atoms with Crippen molar-refractivity contribution in [1.82, 2.24) is 4.90 Å². The molecule has 23 heavy (non-hydrogen) atoms. The molecule has 1 saturated heterocycles. The minimum atomic E-state index is -0.154. The minimum absolute atomic E-state index is 0.0424. The Balaban J connectivity index is 1.89. The van der Waals surface area contributed by atoms with Gasteiger partial charge in [0.15, 0.2) is 0 Å². The molecule has 2 bridgehead atoms. The molecule has 3 rings (SSSR count). The van der Waals surface area contributed by atoms with Crippen molar-refractivity contribution in [3.63, 3.8) is 0 Å². The number of carbonyl (C=O) groups excluding carboxylic acids is 2. The highest BCUT2D eigenvalue weighted by molar-refractivity contribution is 6.03. The van der Waals surface area contributed by atoms with E-state index in [0.29, 0.717) is 17.3 Å². The van der Waals surface area contributed by atoms with E-state index in [9.17, 15) is 9.59 Å². The van der Waals surface area contributed by atoms with Crippen LogP contribution in [0.15, 0.2) is 24.3 Å². The summed E-state index contributed by atoms with van der Waals surface area (Å²) in [4.78, 5) is 26.5. The number of benzene rings is 1. The molecule has 1 heterocycles. The lowest BCUT2D eigenvalue weighted by atomic mass is 9.65. The average molecular weight is 314 g/mol. The van der Waals surface area contributed by atoms with Gasteiger partial charge in [0.1, 0.15) is 0 Å². The van der Waals surface area contributed by atoms with Gasteiger partial charge < -0.3 is 10.2 Å². The van der Waals surface area contributed by atoms with Crippen LogP contribution in [0.1, 0.15) is 57.3 Å². The van der Waals surface area contributed by atoms with Gasteiger partial charge in [-0.15, -0.1) is 0 Å². The summed E-state index contributed by atoms with van der Waals surface area (Å²) >= 11 is 0. The van der Waals surface area contributed by atoms with Gasteiger partial charge >= 0.3 is 0 Å². The van der Waals surface area contributed by atoms with Gasteiger partial charge in [0.05, 0.1) is 11.3 Å². The number of hydrogen-bond acceptors (Lipinski definition) is 2. The van der Waals surface area contributed by atoms with E-state index in [1.165, 1.54) is 6.92 Å². The molecular weight excluding hydrogens is 288 g/mol. The van der Waals surface area contributed by atoms with E-state index in [2.05, 4.69) is 26.1 Å². The molecule has 0 aromatic heterocycles. The van der Waals surface area contributed by atoms with E-state index < -0.39 is 0 Å². The van der Waals surface area contributed by atoms with Crippen LogP contribution in [0.3, 0.4) is 0 Å². The SMILES string of the molecule is CC(=O)Nc1ccccc1C(=O)N1C[C@@]2(C)C[C@@H]1CC(C)(C)C2. The van der Waals surface area contributed by atoms with Gasteiger partial charge in [0.25, 0.3) is 5.91 Å². The Morgan fingerprint density at radius 2 is 1.87 bits per heavy atom. The molecule has 124 valence electrons. The van der Waals surface area contributed by atoms with Gasteiger partial charge in [-0.3, -0.25) is 9.59 Å². The van der Waals surface area contributed by atoms with Crippen molar-refractivity contribution in [3.8, 4) is 0 Å². The predicted octanol–water partition coefficient (Wildman–Crippen LogP) is 3.69. The normalized spacial score (nSPS) is 28.5. The lowest BCUT2D eigenvalue weighted by molar-refractivity contribution is -0.114. The van der Waals surface area contributed by atoms with Crippen molar-refractivity contribution in [3.05, 3.63) is 29.8 Å². The second kappa shape index (κ2) is 5.36. The Morgan fingerprint density at radius 1 is 1.17 bits per heavy atom. The smallest absolute Gasteiger partial charge is 0.256 e.